The van der Waals surface area contributed by atoms with Crippen molar-refractivity contribution in [1.82, 2.24) is 20.2 Å². The van der Waals surface area contributed by atoms with Crippen LogP contribution < -0.4 is 5.32 Å². The normalized spacial score (nSPS) is 22.0. The maximum atomic E-state index is 13.0. The molecule has 1 saturated heterocycles. The van der Waals surface area contributed by atoms with E-state index in [0.717, 1.165) is 25.0 Å². The monoisotopic (exact) mass is 310 g/mol. The molecule has 0 radical (unpaired) electrons. The van der Waals surface area contributed by atoms with Gasteiger partial charge < -0.3 is 10.2 Å². The van der Waals surface area contributed by atoms with E-state index in [1.54, 1.807) is 6.20 Å². The van der Waals surface area contributed by atoms with Crippen molar-refractivity contribution in [1.29, 1.82) is 0 Å². The lowest BCUT2D eigenvalue weighted by molar-refractivity contribution is -0.135. The Bertz CT molecular complexity index is 632. The van der Waals surface area contributed by atoms with Crippen LogP contribution in [0.3, 0.4) is 0 Å². The molecule has 1 amide bonds. The molecule has 1 aromatic heterocycles. The lowest BCUT2D eigenvalue weighted by atomic mass is 10.0. The average Bonchev–Trinajstić information content (AvgIpc) is 2.76. The molecule has 0 aliphatic carbocycles. The number of aromatic nitrogens is 2. The zero-order chi connectivity index (χ0) is 16.1. The molecule has 1 aliphatic rings. The Morgan fingerprint density at radius 1 is 1.22 bits per heavy atom. The van der Waals surface area contributed by atoms with Crippen molar-refractivity contribution in [3.63, 3.8) is 0 Å². The van der Waals surface area contributed by atoms with Crippen molar-refractivity contribution in [3.8, 4) is 0 Å². The summed E-state index contributed by atoms with van der Waals surface area (Å²) in [5.41, 5.74) is 2.05. The summed E-state index contributed by atoms with van der Waals surface area (Å²) in [6, 6.07) is 12.1. The Kier molecular flexibility index (Phi) is 4.98. The van der Waals surface area contributed by atoms with Crippen LogP contribution >= 0.6 is 0 Å². The fraction of sp³-hybridized carbons (Fsp3) is 0.389. The van der Waals surface area contributed by atoms with Crippen LogP contribution in [-0.2, 0) is 11.3 Å². The van der Waals surface area contributed by atoms with E-state index in [2.05, 4.69) is 27.4 Å². The summed E-state index contributed by atoms with van der Waals surface area (Å²) in [6.07, 6.45) is 6.12. The van der Waals surface area contributed by atoms with Gasteiger partial charge >= 0.3 is 0 Å². The highest BCUT2D eigenvalue weighted by atomic mass is 16.2. The van der Waals surface area contributed by atoms with Gasteiger partial charge in [-0.2, -0.15) is 0 Å². The third kappa shape index (κ3) is 3.56. The molecule has 2 heterocycles. The molecule has 5 heteroatoms. The molecule has 0 spiro atoms. The summed E-state index contributed by atoms with van der Waals surface area (Å²) in [7, 11) is 1.86. The lowest BCUT2D eigenvalue weighted by Gasteiger charge is -2.32. The number of nitrogens with zero attached hydrogens (tertiary/aromatic N) is 3. The molecule has 3 rings (SSSR count). The third-order valence-electron chi connectivity index (χ3n) is 4.44. The maximum Gasteiger partial charge on any atom is 0.240 e. The SMILES string of the molecule is CNC1CCCC(c2ccccc2)N(Cc2ccncn2)C1=O. The molecule has 1 aromatic carbocycles. The Morgan fingerprint density at radius 2 is 2.04 bits per heavy atom. The summed E-state index contributed by atoms with van der Waals surface area (Å²) in [5.74, 6) is 0.150. The number of amides is 1. The summed E-state index contributed by atoms with van der Waals surface area (Å²) >= 11 is 0. The van der Waals surface area contributed by atoms with Crippen molar-refractivity contribution in [3.05, 3.63) is 60.2 Å². The fourth-order valence-electron chi connectivity index (χ4n) is 3.21. The number of likely N-dealkylation sites (N-methyl/N-ethyl adjacent to an activating group) is 1. The Labute approximate surface area is 136 Å². The molecular formula is C18H22N4O. The van der Waals surface area contributed by atoms with Crippen LogP contribution in [0.4, 0.5) is 0 Å². The topological polar surface area (TPSA) is 58.1 Å². The van der Waals surface area contributed by atoms with E-state index in [0.29, 0.717) is 6.54 Å². The van der Waals surface area contributed by atoms with Crippen LogP contribution in [-0.4, -0.2) is 33.9 Å². The van der Waals surface area contributed by atoms with Crippen molar-refractivity contribution in [2.45, 2.75) is 37.9 Å². The molecule has 2 atom stereocenters. The van der Waals surface area contributed by atoms with Gasteiger partial charge in [-0.1, -0.05) is 30.3 Å². The van der Waals surface area contributed by atoms with Gasteiger partial charge in [0.1, 0.15) is 6.33 Å². The fourth-order valence-corrected chi connectivity index (χ4v) is 3.21. The molecule has 1 N–H and O–H groups in total. The summed E-state index contributed by atoms with van der Waals surface area (Å²) in [6.45, 7) is 0.513. The van der Waals surface area contributed by atoms with Crippen LogP contribution in [0.5, 0.6) is 0 Å². The van der Waals surface area contributed by atoms with Crippen molar-refractivity contribution in [2.75, 3.05) is 7.05 Å². The second kappa shape index (κ2) is 7.33. The largest absolute Gasteiger partial charge is 0.328 e. The minimum atomic E-state index is -0.120. The zero-order valence-electron chi connectivity index (χ0n) is 13.4. The maximum absolute atomic E-state index is 13.0. The van der Waals surface area contributed by atoms with Crippen LogP contribution in [0.25, 0.3) is 0 Å². The zero-order valence-corrected chi connectivity index (χ0v) is 13.4. The van der Waals surface area contributed by atoms with Crippen molar-refractivity contribution in [2.24, 2.45) is 0 Å². The van der Waals surface area contributed by atoms with Crippen molar-refractivity contribution < 1.29 is 4.79 Å². The van der Waals surface area contributed by atoms with Gasteiger partial charge in [-0.3, -0.25) is 4.79 Å². The Balaban J connectivity index is 1.93. The van der Waals surface area contributed by atoms with Gasteiger partial charge in [0.05, 0.1) is 24.3 Å². The highest BCUT2D eigenvalue weighted by Gasteiger charge is 2.33. The van der Waals surface area contributed by atoms with E-state index in [4.69, 9.17) is 0 Å². The minimum Gasteiger partial charge on any atom is -0.328 e. The van der Waals surface area contributed by atoms with E-state index in [1.165, 1.54) is 11.9 Å². The number of benzene rings is 1. The molecule has 0 saturated carbocycles. The smallest absolute Gasteiger partial charge is 0.240 e. The summed E-state index contributed by atoms with van der Waals surface area (Å²) in [4.78, 5) is 23.2. The van der Waals surface area contributed by atoms with Gasteiger partial charge in [0, 0.05) is 6.20 Å². The summed E-state index contributed by atoms with van der Waals surface area (Å²) in [5, 5.41) is 3.16. The molecule has 1 aliphatic heterocycles. The van der Waals surface area contributed by atoms with E-state index in [1.807, 2.05) is 36.2 Å². The number of hydrogen-bond acceptors (Lipinski definition) is 4. The van der Waals surface area contributed by atoms with E-state index < -0.39 is 0 Å². The minimum absolute atomic E-state index is 0.0945. The van der Waals surface area contributed by atoms with Gasteiger partial charge in [0.15, 0.2) is 0 Å². The number of carbonyl (C=O) groups is 1. The second-order valence-corrected chi connectivity index (χ2v) is 5.87. The van der Waals surface area contributed by atoms with Crippen LogP contribution in [0, 0.1) is 0 Å². The highest BCUT2D eigenvalue weighted by molar-refractivity contribution is 5.82. The molecule has 5 nitrogen and oxygen atoms in total. The van der Waals surface area contributed by atoms with E-state index >= 15 is 0 Å². The molecule has 23 heavy (non-hydrogen) atoms. The van der Waals surface area contributed by atoms with Crippen LogP contribution in [0.1, 0.15) is 36.6 Å². The molecule has 1 fully saturated rings. The van der Waals surface area contributed by atoms with Crippen LogP contribution in [0.15, 0.2) is 48.9 Å². The van der Waals surface area contributed by atoms with Gasteiger partial charge in [0.2, 0.25) is 5.91 Å². The second-order valence-electron chi connectivity index (χ2n) is 5.87. The van der Waals surface area contributed by atoms with E-state index in [-0.39, 0.29) is 18.0 Å². The Hall–Kier alpha value is -2.27. The first-order valence-corrected chi connectivity index (χ1v) is 8.07. The van der Waals surface area contributed by atoms with Gasteiger partial charge in [-0.15, -0.1) is 0 Å². The number of nitrogens with one attached hydrogen (secondary N) is 1. The lowest BCUT2D eigenvalue weighted by Crippen LogP contribution is -2.44. The number of rotatable bonds is 4. The quantitative estimate of drug-likeness (QED) is 0.941. The molecule has 120 valence electrons. The number of likely N-dealkylation sites (tertiary alicyclic amines) is 1. The predicted molar refractivity (Wildman–Crippen MR) is 88.5 cm³/mol. The number of carbonyl (C=O) groups excluding carboxylic acids is 1. The van der Waals surface area contributed by atoms with Gasteiger partial charge in [-0.05, 0) is 37.9 Å². The van der Waals surface area contributed by atoms with Crippen molar-refractivity contribution >= 4 is 5.91 Å². The van der Waals surface area contributed by atoms with Gasteiger partial charge in [0.25, 0.3) is 0 Å². The first-order valence-electron chi connectivity index (χ1n) is 8.07. The standard InChI is InChI=1S/C18H22N4O/c1-19-16-8-5-9-17(14-6-3-2-4-7-14)22(18(16)23)12-15-10-11-20-13-21-15/h2-4,6-7,10-11,13,16-17,19H,5,8-9,12H2,1H3. The first kappa shape index (κ1) is 15.6. The third-order valence-corrected chi connectivity index (χ3v) is 4.44. The average molecular weight is 310 g/mol. The predicted octanol–water partition coefficient (Wildman–Crippen LogP) is 2.32. The molecule has 0 bridgehead atoms. The molecular weight excluding hydrogens is 288 g/mol. The van der Waals surface area contributed by atoms with E-state index in [9.17, 15) is 4.79 Å². The van der Waals surface area contributed by atoms with Crippen LogP contribution in [0.2, 0.25) is 0 Å². The Morgan fingerprint density at radius 3 is 2.74 bits per heavy atom. The molecule has 2 aromatic rings. The molecule has 2 unspecified atom stereocenters. The van der Waals surface area contributed by atoms with Gasteiger partial charge in [-0.25, -0.2) is 9.97 Å². The summed E-state index contributed by atoms with van der Waals surface area (Å²) < 4.78 is 0. The highest BCUT2D eigenvalue weighted by Crippen LogP contribution is 2.31. The first-order chi connectivity index (χ1) is 11.3. The number of hydrogen-bond donors (Lipinski definition) is 1.